The Morgan fingerprint density at radius 3 is 2.50 bits per heavy atom. The number of nitrogens with zero attached hydrogens (tertiary/aromatic N) is 5. The first kappa shape index (κ1) is 15.2. The molecule has 1 aliphatic heterocycles. The maximum absolute atomic E-state index is 4.48. The smallest absolute Gasteiger partial charge is 0.225 e. The molecule has 0 radical (unpaired) electrons. The van der Waals surface area contributed by atoms with Crippen molar-refractivity contribution in [3.8, 4) is 0 Å². The molecule has 0 aliphatic carbocycles. The maximum Gasteiger partial charge on any atom is 0.225 e. The van der Waals surface area contributed by atoms with Crippen LogP contribution in [0, 0.1) is 6.92 Å². The normalized spacial score (nSPS) is 15.9. The van der Waals surface area contributed by atoms with Crippen LogP contribution in [0.4, 0.5) is 11.8 Å². The quantitative estimate of drug-likeness (QED) is 0.840. The molecule has 0 unspecified atom stereocenters. The molecule has 1 saturated heterocycles. The predicted molar refractivity (Wildman–Crippen MR) is 92.3 cm³/mol. The van der Waals surface area contributed by atoms with Crippen molar-refractivity contribution in [2.45, 2.75) is 25.8 Å². The first-order valence-corrected chi connectivity index (χ1v) is 8.31. The minimum atomic E-state index is 0.474. The SMILES string of the molecule is Cc1cnc(N(C)C2CCN(c3ncccc3Br)CC2)nc1. The third kappa shape index (κ3) is 3.21. The lowest BCUT2D eigenvalue weighted by molar-refractivity contribution is 0.475. The second kappa shape index (κ2) is 6.60. The van der Waals surface area contributed by atoms with Crippen LogP contribution >= 0.6 is 15.9 Å². The van der Waals surface area contributed by atoms with Crippen LogP contribution in [0.1, 0.15) is 18.4 Å². The highest BCUT2D eigenvalue weighted by Gasteiger charge is 2.25. The van der Waals surface area contributed by atoms with Crippen LogP contribution in [-0.4, -0.2) is 41.1 Å². The average Bonchev–Trinajstić information content (AvgIpc) is 2.56. The molecule has 2 aromatic rings. The van der Waals surface area contributed by atoms with Crippen molar-refractivity contribution in [1.29, 1.82) is 0 Å². The van der Waals surface area contributed by atoms with Crippen LogP contribution in [-0.2, 0) is 0 Å². The van der Waals surface area contributed by atoms with E-state index < -0.39 is 0 Å². The van der Waals surface area contributed by atoms with Crippen molar-refractivity contribution in [2.24, 2.45) is 0 Å². The van der Waals surface area contributed by atoms with Crippen LogP contribution in [0.5, 0.6) is 0 Å². The number of aryl methyl sites for hydroxylation is 1. The fraction of sp³-hybridized carbons (Fsp3) is 0.438. The molecule has 22 heavy (non-hydrogen) atoms. The standard InChI is InChI=1S/C16H20BrN5/c1-12-10-19-16(20-11-12)21(2)13-5-8-22(9-6-13)15-14(17)4-3-7-18-15/h3-4,7,10-11,13H,5-6,8-9H2,1-2H3. The first-order valence-electron chi connectivity index (χ1n) is 7.52. The number of rotatable bonds is 3. The molecule has 0 spiro atoms. The number of hydrogen-bond acceptors (Lipinski definition) is 5. The molecule has 1 fully saturated rings. The van der Waals surface area contributed by atoms with Crippen LogP contribution in [0.3, 0.4) is 0 Å². The number of piperidine rings is 1. The van der Waals surface area contributed by atoms with Crippen LogP contribution in [0.25, 0.3) is 0 Å². The second-order valence-corrected chi connectivity index (χ2v) is 6.55. The van der Waals surface area contributed by atoms with Gasteiger partial charge in [-0.15, -0.1) is 0 Å². The van der Waals surface area contributed by atoms with Gasteiger partial charge < -0.3 is 9.80 Å². The highest BCUT2D eigenvalue weighted by atomic mass is 79.9. The monoisotopic (exact) mass is 361 g/mol. The van der Waals surface area contributed by atoms with Crippen LogP contribution in [0.15, 0.2) is 35.2 Å². The second-order valence-electron chi connectivity index (χ2n) is 5.70. The van der Waals surface area contributed by atoms with Crippen LogP contribution in [0.2, 0.25) is 0 Å². The van der Waals surface area contributed by atoms with Gasteiger partial charge in [0.1, 0.15) is 5.82 Å². The molecule has 116 valence electrons. The lowest BCUT2D eigenvalue weighted by Gasteiger charge is -2.37. The molecule has 5 nitrogen and oxygen atoms in total. The molecule has 0 amide bonds. The fourth-order valence-corrected chi connectivity index (χ4v) is 3.31. The largest absolute Gasteiger partial charge is 0.356 e. The molecule has 3 heterocycles. The van der Waals surface area contributed by atoms with E-state index in [0.717, 1.165) is 47.7 Å². The average molecular weight is 362 g/mol. The van der Waals surface area contributed by atoms with E-state index in [1.54, 1.807) is 0 Å². The zero-order chi connectivity index (χ0) is 15.5. The minimum Gasteiger partial charge on any atom is -0.356 e. The summed E-state index contributed by atoms with van der Waals surface area (Å²) in [5.74, 6) is 1.85. The van der Waals surface area contributed by atoms with Crippen molar-refractivity contribution < 1.29 is 0 Å². The van der Waals surface area contributed by atoms with E-state index in [-0.39, 0.29) is 0 Å². The van der Waals surface area contributed by atoms with Gasteiger partial charge in [0.2, 0.25) is 5.95 Å². The topological polar surface area (TPSA) is 45.2 Å². The van der Waals surface area contributed by atoms with Gasteiger partial charge in [-0.1, -0.05) is 0 Å². The number of pyridine rings is 1. The molecule has 0 saturated carbocycles. The fourth-order valence-electron chi connectivity index (χ4n) is 2.81. The summed E-state index contributed by atoms with van der Waals surface area (Å²) in [4.78, 5) is 17.9. The van der Waals surface area contributed by atoms with Crippen molar-refractivity contribution in [3.05, 3.63) is 40.8 Å². The third-order valence-electron chi connectivity index (χ3n) is 4.13. The summed E-state index contributed by atoms with van der Waals surface area (Å²) < 4.78 is 1.06. The Kier molecular flexibility index (Phi) is 4.57. The predicted octanol–water partition coefficient (Wildman–Crippen LogP) is 3.05. The summed E-state index contributed by atoms with van der Waals surface area (Å²) in [6.45, 7) is 4.00. The van der Waals surface area contributed by atoms with E-state index in [9.17, 15) is 0 Å². The molecule has 6 heteroatoms. The molecule has 0 atom stereocenters. The molecular formula is C16H20BrN5. The van der Waals surface area contributed by atoms with Gasteiger partial charge in [0, 0.05) is 44.8 Å². The highest BCUT2D eigenvalue weighted by molar-refractivity contribution is 9.10. The lowest BCUT2D eigenvalue weighted by Crippen LogP contribution is -2.44. The molecule has 2 aromatic heterocycles. The van der Waals surface area contributed by atoms with Crippen LogP contribution < -0.4 is 9.80 Å². The Morgan fingerprint density at radius 2 is 1.86 bits per heavy atom. The van der Waals surface area contributed by atoms with E-state index in [2.05, 4.69) is 47.7 Å². The van der Waals surface area contributed by atoms with Crippen molar-refractivity contribution in [1.82, 2.24) is 15.0 Å². The molecular weight excluding hydrogens is 342 g/mol. The van der Waals surface area contributed by atoms with E-state index in [1.165, 1.54) is 0 Å². The Balaban J connectivity index is 1.64. The van der Waals surface area contributed by atoms with Gasteiger partial charge in [-0.2, -0.15) is 0 Å². The Morgan fingerprint density at radius 1 is 1.18 bits per heavy atom. The van der Waals surface area contributed by atoms with Gasteiger partial charge in [-0.3, -0.25) is 0 Å². The number of hydrogen-bond donors (Lipinski definition) is 0. The zero-order valence-corrected chi connectivity index (χ0v) is 14.5. The summed E-state index contributed by atoms with van der Waals surface area (Å²) in [6.07, 6.45) is 7.75. The van der Waals surface area contributed by atoms with E-state index in [0.29, 0.717) is 6.04 Å². The Bertz CT molecular complexity index is 623. The summed E-state index contributed by atoms with van der Waals surface area (Å²) in [5.41, 5.74) is 1.09. The van der Waals surface area contributed by atoms with Crippen molar-refractivity contribution >= 4 is 27.7 Å². The van der Waals surface area contributed by atoms with Gasteiger partial charge in [-0.25, -0.2) is 15.0 Å². The van der Waals surface area contributed by atoms with E-state index in [4.69, 9.17) is 0 Å². The van der Waals surface area contributed by atoms with E-state index in [1.807, 2.05) is 37.6 Å². The molecule has 3 rings (SSSR count). The molecule has 0 N–H and O–H groups in total. The van der Waals surface area contributed by atoms with Gasteiger partial charge >= 0.3 is 0 Å². The summed E-state index contributed by atoms with van der Waals surface area (Å²) in [6, 6.07) is 4.46. The van der Waals surface area contributed by atoms with Crippen molar-refractivity contribution in [3.63, 3.8) is 0 Å². The van der Waals surface area contributed by atoms with Gasteiger partial charge in [0.15, 0.2) is 0 Å². The number of halogens is 1. The minimum absolute atomic E-state index is 0.474. The number of aromatic nitrogens is 3. The molecule has 0 bridgehead atoms. The molecule has 1 aliphatic rings. The summed E-state index contributed by atoms with van der Waals surface area (Å²) in [7, 11) is 2.08. The first-order chi connectivity index (χ1) is 10.6. The zero-order valence-electron chi connectivity index (χ0n) is 12.9. The number of anilines is 2. The van der Waals surface area contributed by atoms with Gasteiger partial charge in [0.05, 0.1) is 4.47 Å². The van der Waals surface area contributed by atoms with Gasteiger partial charge in [-0.05, 0) is 53.4 Å². The van der Waals surface area contributed by atoms with Gasteiger partial charge in [0.25, 0.3) is 0 Å². The Labute approximate surface area is 139 Å². The molecule has 0 aromatic carbocycles. The summed E-state index contributed by atoms with van der Waals surface area (Å²) in [5, 5.41) is 0. The lowest BCUT2D eigenvalue weighted by atomic mass is 10.0. The summed E-state index contributed by atoms with van der Waals surface area (Å²) >= 11 is 3.58. The third-order valence-corrected chi connectivity index (χ3v) is 4.75. The van der Waals surface area contributed by atoms with Crippen molar-refractivity contribution in [2.75, 3.05) is 29.9 Å². The maximum atomic E-state index is 4.48. The van der Waals surface area contributed by atoms with E-state index >= 15 is 0 Å². The Hall–Kier alpha value is -1.69. The highest BCUT2D eigenvalue weighted by Crippen LogP contribution is 2.27.